The van der Waals surface area contributed by atoms with Crippen LogP contribution in [0.4, 0.5) is 10.1 Å². The molecule has 0 aliphatic heterocycles. The van der Waals surface area contributed by atoms with Crippen LogP contribution >= 0.6 is 0 Å². The summed E-state index contributed by atoms with van der Waals surface area (Å²) in [6, 6.07) is 4.08. The standard InChI is InChI=1S/C16H22FNO3/c1-4-11(5-2)10(3)16(21)18-13-7-6-12(8-15(19)20)14(17)9-13/h6-7,9-11H,4-5,8H2,1-3H3,(H,18,21)(H,19,20). The Morgan fingerprint density at radius 3 is 2.38 bits per heavy atom. The highest BCUT2D eigenvalue weighted by Gasteiger charge is 2.21. The fourth-order valence-electron chi connectivity index (χ4n) is 2.40. The summed E-state index contributed by atoms with van der Waals surface area (Å²) in [5.74, 6) is -1.71. The molecule has 0 fully saturated rings. The largest absolute Gasteiger partial charge is 0.481 e. The SMILES string of the molecule is CCC(CC)C(C)C(=O)Nc1ccc(CC(=O)O)c(F)c1. The summed E-state index contributed by atoms with van der Waals surface area (Å²) >= 11 is 0. The molecule has 0 saturated carbocycles. The molecular formula is C16H22FNO3. The number of rotatable bonds is 7. The van der Waals surface area contributed by atoms with Crippen molar-refractivity contribution in [1.82, 2.24) is 0 Å². The van der Waals surface area contributed by atoms with Crippen molar-refractivity contribution in [2.75, 3.05) is 5.32 Å². The van der Waals surface area contributed by atoms with E-state index in [1.54, 1.807) is 0 Å². The molecule has 1 atom stereocenters. The number of carbonyl (C=O) groups excluding carboxylic acids is 1. The Kier molecular flexibility index (Phi) is 6.34. The number of hydrogen-bond donors (Lipinski definition) is 2. The summed E-state index contributed by atoms with van der Waals surface area (Å²) in [5.41, 5.74) is 0.456. The van der Waals surface area contributed by atoms with Crippen LogP contribution in [0.25, 0.3) is 0 Å². The van der Waals surface area contributed by atoms with E-state index in [4.69, 9.17) is 5.11 Å². The summed E-state index contributed by atoms with van der Waals surface area (Å²) in [5, 5.41) is 11.3. The number of carboxylic acids is 1. The number of aliphatic carboxylic acids is 1. The second-order valence-corrected chi connectivity index (χ2v) is 5.23. The van der Waals surface area contributed by atoms with Crippen molar-refractivity contribution in [3.63, 3.8) is 0 Å². The fourth-order valence-corrected chi connectivity index (χ4v) is 2.40. The highest BCUT2D eigenvalue weighted by atomic mass is 19.1. The predicted molar refractivity (Wildman–Crippen MR) is 79.6 cm³/mol. The summed E-state index contributed by atoms with van der Waals surface area (Å²) in [6.07, 6.45) is 1.46. The second kappa shape index (κ2) is 7.76. The van der Waals surface area contributed by atoms with Crippen LogP contribution < -0.4 is 5.32 Å². The maximum atomic E-state index is 13.7. The first kappa shape index (κ1) is 17.1. The Morgan fingerprint density at radius 2 is 1.90 bits per heavy atom. The van der Waals surface area contributed by atoms with Gasteiger partial charge in [-0.15, -0.1) is 0 Å². The van der Waals surface area contributed by atoms with Gasteiger partial charge in [0, 0.05) is 11.6 Å². The van der Waals surface area contributed by atoms with Crippen molar-refractivity contribution in [1.29, 1.82) is 0 Å². The number of amides is 1. The van der Waals surface area contributed by atoms with E-state index in [0.29, 0.717) is 11.6 Å². The highest BCUT2D eigenvalue weighted by Crippen LogP contribution is 2.22. The average molecular weight is 295 g/mol. The van der Waals surface area contributed by atoms with Gasteiger partial charge in [0.1, 0.15) is 5.82 Å². The Bertz CT molecular complexity index is 512. The molecule has 1 unspecified atom stereocenters. The number of carbonyl (C=O) groups is 2. The minimum absolute atomic E-state index is 0.105. The lowest BCUT2D eigenvalue weighted by molar-refractivity contribution is -0.136. The summed E-state index contributed by atoms with van der Waals surface area (Å²) in [7, 11) is 0. The zero-order chi connectivity index (χ0) is 16.0. The molecule has 0 aliphatic carbocycles. The molecule has 0 aromatic heterocycles. The molecule has 5 heteroatoms. The van der Waals surface area contributed by atoms with Gasteiger partial charge in [-0.25, -0.2) is 4.39 Å². The maximum Gasteiger partial charge on any atom is 0.307 e. The van der Waals surface area contributed by atoms with Crippen molar-refractivity contribution in [2.24, 2.45) is 11.8 Å². The van der Waals surface area contributed by atoms with E-state index in [2.05, 4.69) is 5.32 Å². The first-order valence-corrected chi connectivity index (χ1v) is 7.20. The van der Waals surface area contributed by atoms with Gasteiger partial charge in [-0.2, -0.15) is 0 Å². The van der Waals surface area contributed by atoms with Gasteiger partial charge < -0.3 is 10.4 Å². The van der Waals surface area contributed by atoms with Gasteiger partial charge in [0.05, 0.1) is 6.42 Å². The number of halogens is 1. The lowest BCUT2D eigenvalue weighted by Crippen LogP contribution is -2.26. The second-order valence-electron chi connectivity index (χ2n) is 5.23. The Labute approximate surface area is 124 Å². The van der Waals surface area contributed by atoms with E-state index in [1.807, 2.05) is 20.8 Å². The molecule has 1 aromatic rings. The minimum atomic E-state index is -1.09. The number of hydrogen-bond acceptors (Lipinski definition) is 2. The van der Waals surface area contributed by atoms with Crippen LogP contribution in [-0.4, -0.2) is 17.0 Å². The lowest BCUT2D eigenvalue weighted by atomic mass is 9.88. The van der Waals surface area contributed by atoms with E-state index >= 15 is 0 Å². The van der Waals surface area contributed by atoms with Crippen LogP contribution in [0.2, 0.25) is 0 Å². The number of anilines is 1. The number of nitrogens with one attached hydrogen (secondary N) is 1. The monoisotopic (exact) mass is 295 g/mol. The quantitative estimate of drug-likeness (QED) is 0.809. The normalized spacial score (nSPS) is 12.2. The fraction of sp³-hybridized carbons (Fsp3) is 0.500. The molecule has 116 valence electrons. The molecule has 0 aliphatic rings. The molecule has 0 spiro atoms. The zero-order valence-electron chi connectivity index (χ0n) is 12.6. The van der Waals surface area contributed by atoms with Crippen LogP contribution in [0, 0.1) is 17.7 Å². The molecule has 21 heavy (non-hydrogen) atoms. The van der Waals surface area contributed by atoms with Gasteiger partial charge in [-0.3, -0.25) is 9.59 Å². The van der Waals surface area contributed by atoms with E-state index in [9.17, 15) is 14.0 Å². The zero-order valence-corrected chi connectivity index (χ0v) is 12.6. The molecule has 1 rings (SSSR count). The minimum Gasteiger partial charge on any atom is -0.481 e. The third-order valence-electron chi connectivity index (χ3n) is 3.83. The van der Waals surface area contributed by atoms with Crippen LogP contribution in [0.1, 0.15) is 39.2 Å². The van der Waals surface area contributed by atoms with Crippen molar-refractivity contribution >= 4 is 17.6 Å². The van der Waals surface area contributed by atoms with E-state index in [0.717, 1.165) is 18.9 Å². The van der Waals surface area contributed by atoms with Crippen molar-refractivity contribution in [3.05, 3.63) is 29.6 Å². The van der Waals surface area contributed by atoms with E-state index in [1.165, 1.54) is 12.1 Å². The van der Waals surface area contributed by atoms with E-state index in [-0.39, 0.29) is 23.8 Å². The van der Waals surface area contributed by atoms with Gasteiger partial charge in [-0.05, 0) is 23.6 Å². The van der Waals surface area contributed by atoms with Crippen LogP contribution in [0.3, 0.4) is 0 Å². The van der Waals surface area contributed by atoms with Crippen LogP contribution in [-0.2, 0) is 16.0 Å². The molecule has 0 saturated heterocycles. The average Bonchev–Trinajstić information content (AvgIpc) is 2.42. The molecule has 1 aromatic carbocycles. The molecule has 0 radical (unpaired) electrons. The molecule has 2 N–H and O–H groups in total. The van der Waals surface area contributed by atoms with Gasteiger partial charge in [0.2, 0.25) is 5.91 Å². The van der Waals surface area contributed by atoms with E-state index < -0.39 is 11.8 Å². The third kappa shape index (κ3) is 4.85. The topological polar surface area (TPSA) is 66.4 Å². The van der Waals surface area contributed by atoms with Crippen molar-refractivity contribution < 1.29 is 19.1 Å². The molecule has 0 heterocycles. The number of carboxylic acid groups (broad SMARTS) is 1. The first-order valence-electron chi connectivity index (χ1n) is 7.20. The van der Waals surface area contributed by atoms with Crippen molar-refractivity contribution in [2.45, 2.75) is 40.0 Å². The van der Waals surface area contributed by atoms with Gasteiger partial charge in [-0.1, -0.05) is 39.7 Å². The van der Waals surface area contributed by atoms with Crippen LogP contribution in [0.15, 0.2) is 18.2 Å². The molecular weight excluding hydrogens is 273 g/mol. The van der Waals surface area contributed by atoms with Gasteiger partial charge >= 0.3 is 5.97 Å². The van der Waals surface area contributed by atoms with Crippen molar-refractivity contribution in [3.8, 4) is 0 Å². The van der Waals surface area contributed by atoms with Gasteiger partial charge in [0.15, 0.2) is 0 Å². The van der Waals surface area contributed by atoms with Gasteiger partial charge in [0.25, 0.3) is 0 Å². The summed E-state index contributed by atoms with van der Waals surface area (Å²) in [4.78, 5) is 22.7. The Morgan fingerprint density at radius 1 is 1.29 bits per heavy atom. The highest BCUT2D eigenvalue weighted by molar-refractivity contribution is 5.92. The molecule has 4 nitrogen and oxygen atoms in total. The maximum absolute atomic E-state index is 13.7. The molecule has 1 amide bonds. The lowest BCUT2D eigenvalue weighted by Gasteiger charge is -2.20. The summed E-state index contributed by atoms with van der Waals surface area (Å²) in [6.45, 7) is 5.94. The first-order chi connectivity index (χ1) is 9.88. The molecule has 0 bridgehead atoms. The summed E-state index contributed by atoms with van der Waals surface area (Å²) < 4.78 is 13.7. The Hall–Kier alpha value is -1.91. The number of benzene rings is 1. The predicted octanol–water partition coefficient (Wildman–Crippen LogP) is 3.46. The smallest absolute Gasteiger partial charge is 0.307 e. The third-order valence-corrected chi connectivity index (χ3v) is 3.83. The Balaban J connectivity index is 2.77. The van der Waals surface area contributed by atoms with Crippen LogP contribution in [0.5, 0.6) is 0 Å².